The quantitative estimate of drug-likeness (QED) is 0.866. The van der Waals surface area contributed by atoms with E-state index < -0.39 is 0 Å². The summed E-state index contributed by atoms with van der Waals surface area (Å²) in [5, 5.41) is 3.21. The zero-order chi connectivity index (χ0) is 16.1. The first-order valence-electron chi connectivity index (χ1n) is 7.91. The largest absolute Gasteiger partial charge is 0.490 e. The van der Waals surface area contributed by atoms with Gasteiger partial charge in [0.25, 0.3) is 5.91 Å². The second kappa shape index (κ2) is 7.97. The number of likely N-dealkylation sites (tertiary alicyclic amines) is 1. The summed E-state index contributed by atoms with van der Waals surface area (Å²) in [7, 11) is 1.96. The van der Waals surface area contributed by atoms with Gasteiger partial charge in [-0.3, -0.25) is 4.79 Å². The summed E-state index contributed by atoms with van der Waals surface area (Å²) in [4.78, 5) is 14.8. The van der Waals surface area contributed by atoms with E-state index in [1.54, 1.807) is 0 Å². The molecule has 1 fully saturated rings. The van der Waals surface area contributed by atoms with E-state index in [1.807, 2.05) is 44.0 Å². The molecule has 2 rings (SSSR count). The van der Waals surface area contributed by atoms with E-state index in [0.717, 1.165) is 30.5 Å². The molecular formula is C17H25BrN2O2. The minimum atomic E-state index is 0.0410. The fourth-order valence-corrected chi connectivity index (χ4v) is 3.24. The van der Waals surface area contributed by atoms with Crippen LogP contribution in [0.5, 0.6) is 5.75 Å². The molecule has 0 saturated carbocycles. The Morgan fingerprint density at radius 2 is 2.27 bits per heavy atom. The molecule has 1 unspecified atom stereocenters. The molecule has 122 valence electrons. The van der Waals surface area contributed by atoms with E-state index in [-0.39, 0.29) is 12.0 Å². The number of rotatable bonds is 5. The van der Waals surface area contributed by atoms with Gasteiger partial charge in [-0.25, -0.2) is 0 Å². The highest BCUT2D eigenvalue weighted by molar-refractivity contribution is 9.10. The van der Waals surface area contributed by atoms with Gasteiger partial charge in [0.2, 0.25) is 0 Å². The monoisotopic (exact) mass is 368 g/mol. The normalized spacial score (nSPS) is 18.6. The average Bonchev–Trinajstić information content (AvgIpc) is 2.47. The fourth-order valence-electron chi connectivity index (χ4n) is 2.90. The Hall–Kier alpha value is -1.07. The Bertz CT molecular complexity index is 517. The van der Waals surface area contributed by atoms with Crippen molar-refractivity contribution >= 4 is 21.8 Å². The van der Waals surface area contributed by atoms with Crippen molar-refractivity contribution < 1.29 is 9.53 Å². The van der Waals surface area contributed by atoms with Crippen molar-refractivity contribution in [1.82, 2.24) is 10.2 Å². The second-order valence-electron chi connectivity index (χ2n) is 6.12. The van der Waals surface area contributed by atoms with E-state index in [1.165, 1.54) is 6.42 Å². The number of piperidine rings is 1. The Balaban J connectivity index is 2.17. The van der Waals surface area contributed by atoms with Gasteiger partial charge in [0.05, 0.1) is 11.7 Å². The maximum absolute atomic E-state index is 12.9. The van der Waals surface area contributed by atoms with Gasteiger partial charge in [0, 0.05) is 17.6 Å². The first-order valence-corrected chi connectivity index (χ1v) is 8.70. The summed E-state index contributed by atoms with van der Waals surface area (Å²) >= 11 is 3.45. The van der Waals surface area contributed by atoms with Crippen LogP contribution >= 0.6 is 15.9 Å². The third kappa shape index (κ3) is 4.46. The van der Waals surface area contributed by atoms with Gasteiger partial charge in [-0.15, -0.1) is 0 Å². The van der Waals surface area contributed by atoms with E-state index in [2.05, 4.69) is 21.2 Å². The van der Waals surface area contributed by atoms with Crippen molar-refractivity contribution in [3.8, 4) is 5.75 Å². The highest BCUT2D eigenvalue weighted by Gasteiger charge is 2.26. The molecule has 22 heavy (non-hydrogen) atoms. The van der Waals surface area contributed by atoms with Crippen LogP contribution in [0, 0.1) is 5.92 Å². The first-order chi connectivity index (χ1) is 10.5. The number of nitrogens with one attached hydrogen (secondary N) is 1. The molecule has 5 heteroatoms. The summed E-state index contributed by atoms with van der Waals surface area (Å²) in [6.07, 6.45) is 2.29. The van der Waals surface area contributed by atoms with E-state index in [4.69, 9.17) is 4.74 Å². The maximum Gasteiger partial charge on any atom is 0.257 e. The molecule has 1 aromatic carbocycles. The number of ether oxygens (including phenoxy) is 1. The smallest absolute Gasteiger partial charge is 0.257 e. The predicted molar refractivity (Wildman–Crippen MR) is 92.5 cm³/mol. The van der Waals surface area contributed by atoms with Crippen LogP contribution in [0.25, 0.3) is 0 Å². The van der Waals surface area contributed by atoms with Gasteiger partial charge >= 0.3 is 0 Å². The van der Waals surface area contributed by atoms with Crippen molar-refractivity contribution in [2.75, 3.05) is 26.7 Å². The lowest BCUT2D eigenvalue weighted by Crippen LogP contribution is -2.42. The van der Waals surface area contributed by atoms with Gasteiger partial charge in [0.15, 0.2) is 0 Å². The molecule has 1 heterocycles. The SMILES string of the molecule is CNCC1CCCN(C(=O)c2ccc(Br)cc2OC(C)C)C1. The van der Waals surface area contributed by atoms with Crippen LogP contribution in [0.3, 0.4) is 0 Å². The number of halogens is 1. The fraction of sp³-hybridized carbons (Fsp3) is 0.588. The standard InChI is InChI=1S/C17H25BrN2O2/c1-12(2)22-16-9-14(18)6-7-15(16)17(21)20-8-4-5-13(11-20)10-19-3/h6-7,9,12-13,19H,4-5,8,10-11H2,1-3H3. The van der Waals surface area contributed by atoms with Crippen LogP contribution in [-0.2, 0) is 0 Å². The lowest BCUT2D eigenvalue weighted by Gasteiger charge is -2.33. The third-order valence-corrected chi connectivity index (χ3v) is 4.33. The highest BCUT2D eigenvalue weighted by atomic mass is 79.9. The van der Waals surface area contributed by atoms with Crippen molar-refractivity contribution in [2.24, 2.45) is 5.92 Å². The van der Waals surface area contributed by atoms with Crippen LogP contribution in [-0.4, -0.2) is 43.6 Å². The summed E-state index contributed by atoms with van der Waals surface area (Å²) in [6.45, 7) is 6.55. The van der Waals surface area contributed by atoms with Crippen LogP contribution in [0.1, 0.15) is 37.0 Å². The van der Waals surface area contributed by atoms with Crippen molar-refractivity contribution in [3.63, 3.8) is 0 Å². The van der Waals surface area contributed by atoms with E-state index in [9.17, 15) is 4.79 Å². The number of hydrogen-bond donors (Lipinski definition) is 1. The molecule has 1 atom stereocenters. The Morgan fingerprint density at radius 1 is 1.50 bits per heavy atom. The Kier molecular flexibility index (Phi) is 6.26. The number of hydrogen-bond acceptors (Lipinski definition) is 3. The topological polar surface area (TPSA) is 41.6 Å². The van der Waals surface area contributed by atoms with Gasteiger partial charge < -0.3 is 15.0 Å². The molecule has 0 spiro atoms. The van der Waals surface area contributed by atoms with Crippen LogP contribution in [0.4, 0.5) is 0 Å². The lowest BCUT2D eigenvalue weighted by atomic mass is 9.97. The maximum atomic E-state index is 12.9. The van der Waals surface area contributed by atoms with E-state index >= 15 is 0 Å². The third-order valence-electron chi connectivity index (χ3n) is 3.84. The molecule has 0 aliphatic carbocycles. The highest BCUT2D eigenvalue weighted by Crippen LogP contribution is 2.27. The van der Waals surface area contributed by atoms with Crippen molar-refractivity contribution in [2.45, 2.75) is 32.8 Å². The molecule has 4 nitrogen and oxygen atoms in total. The van der Waals surface area contributed by atoms with Gasteiger partial charge in [-0.05, 0) is 64.4 Å². The second-order valence-corrected chi connectivity index (χ2v) is 7.04. The molecule has 1 saturated heterocycles. The summed E-state index contributed by atoms with van der Waals surface area (Å²) in [5.41, 5.74) is 0.655. The van der Waals surface area contributed by atoms with Crippen LogP contribution in [0.2, 0.25) is 0 Å². The Morgan fingerprint density at radius 3 is 2.95 bits per heavy atom. The van der Waals surface area contributed by atoms with Gasteiger partial charge in [-0.2, -0.15) is 0 Å². The minimum absolute atomic E-state index is 0.0410. The molecule has 1 N–H and O–H groups in total. The molecule has 0 bridgehead atoms. The number of carbonyl (C=O) groups is 1. The zero-order valence-electron chi connectivity index (χ0n) is 13.6. The summed E-state index contributed by atoms with van der Waals surface area (Å²) in [5.74, 6) is 1.27. The van der Waals surface area contributed by atoms with Crippen molar-refractivity contribution in [1.29, 1.82) is 0 Å². The number of nitrogens with zero attached hydrogens (tertiary/aromatic N) is 1. The molecule has 0 radical (unpaired) electrons. The lowest BCUT2D eigenvalue weighted by molar-refractivity contribution is 0.0668. The van der Waals surface area contributed by atoms with E-state index in [0.29, 0.717) is 17.2 Å². The molecule has 1 aliphatic heterocycles. The number of benzene rings is 1. The van der Waals surface area contributed by atoms with Gasteiger partial charge in [-0.1, -0.05) is 15.9 Å². The number of amides is 1. The first kappa shape index (κ1) is 17.3. The predicted octanol–water partition coefficient (Wildman–Crippen LogP) is 3.31. The number of carbonyl (C=O) groups excluding carboxylic acids is 1. The average molecular weight is 369 g/mol. The molecule has 1 amide bonds. The zero-order valence-corrected chi connectivity index (χ0v) is 15.1. The van der Waals surface area contributed by atoms with Crippen LogP contribution in [0.15, 0.2) is 22.7 Å². The molecule has 0 aromatic heterocycles. The van der Waals surface area contributed by atoms with Gasteiger partial charge in [0.1, 0.15) is 5.75 Å². The minimum Gasteiger partial charge on any atom is -0.490 e. The van der Waals surface area contributed by atoms with Crippen molar-refractivity contribution in [3.05, 3.63) is 28.2 Å². The molecule has 1 aromatic rings. The summed E-state index contributed by atoms with van der Waals surface area (Å²) in [6, 6.07) is 5.63. The molecule has 1 aliphatic rings. The summed E-state index contributed by atoms with van der Waals surface area (Å²) < 4.78 is 6.75. The van der Waals surface area contributed by atoms with Crippen LogP contribution < -0.4 is 10.1 Å². The Labute approximate surface area is 141 Å². The molecular weight excluding hydrogens is 344 g/mol.